The van der Waals surface area contributed by atoms with Crippen molar-refractivity contribution in [1.82, 2.24) is 0 Å². The maximum Gasteiger partial charge on any atom is 0.266 e. The molecular formula is C16H14N2O3. The number of para-hydroxylation sites is 3. The third kappa shape index (κ3) is 3.02. The molecule has 1 aliphatic rings. The Morgan fingerprint density at radius 2 is 1.81 bits per heavy atom. The first kappa shape index (κ1) is 13.2. The molecule has 0 aliphatic carbocycles. The summed E-state index contributed by atoms with van der Waals surface area (Å²) >= 11 is 0. The topological polar surface area (TPSA) is 67.4 Å². The highest BCUT2D eigenvalue weighted by Crippen LogP contribution is 2.29. The molecule has 0 radical (unpaired) electrons. The van der Waals surface area contributed by atoms with Crippen LogP contribution in [0, 0.1) is 0 Å². The van der Waals surface area contributed by atoms with Gasteiger partial charge in [0.05, 0.1) is 12.1 Å². The predicted octanol–water partition coefficient (Wildman–Crippen LogP) is 2.41. The van der Waals surface area contributed by atoms with Crippen molar-refractivity contribution >= 4 is 23.2 Å². The normalized spacial score (nSPS) is 16.4. The lowest BCUT2D eigenvalue weighted by Crippen LogP contribution is -2.39. The van der Waals surface area contributed by atoms with Crippen LogP contribution in [0.5, 0.6) is 5.75 Å². The number of hydrogen-bond acceptors (Lipinski definition) is 3. The summed E-state index contributed by atoms with van der Waals surface area (Å²) in [5.74, 6) is 0.00672. The minimum atomic E-state index is -0.816. The fourth-order valence-electron chi connectivity index (χ4n) is 2.13. The van der Waals surface area contributed by atoms with E-state index in [1.807, 2.05) is 30.3 Å². The Hall–Kier alpha value is -2.82. The number of benzene rings is 2. The van der Waals surface area contributed by atoms with Crippen LogP contribution in [0.15, 0.2) is 54.6 Å². The van der Waals surface area contributed by atoms with Crippen molar-refractivity contribution in [3.8, 4) is 5.75 Å². The molecule has 3 rings (SSSR count). The standard InChI is InChI=1S/C16H14N2O3/c19-15(17-11-6-2-1-3-7-11)10-14-16(20)18-12-8-4-5-9-13(12)21-14/h1-9,14H,10H2,(H,17,19)(H,18,20)/t14-/m0/s1. The van der Waals surface area contributed by atoms with Gasteiger partial charge >= 0.3 is 0 Å². The average Bonchev–Trinajstić information content (AvgIpc) is 2.49. The first-order valence-electron chi connectivity index (χ1n) is 6.64. The number of carbonyl (C=O) groups excluding carboxylic acids is 2. The van der Waals surface area contributed by atoms with Gasteiger partial charge in [0.15, 0.2) is 6.10 Å². The second kappa shape index (κ2) is 5.66. The number of carbonyl (C=O) groups is 2. The Morgan fingerprint density at radius 3 is 2.62 bits per heavy atom. The van der Waals surface area contributed by atoms with Crippen LogP contribution in [-0.4, -0.2) is 17.9 Å². The third-order valence-electron chi connectivity index (χ3n) is 3.13. The van der Waals surface area contributed by atoms with E-state index < -0.39 is 6.10 Å². The molecule has 2 N–H and O–H groups in total. The molecule has 1 atom stereocenters. The van der Waals surface area contributed by atoms with E-state index in [1.165, 1.54) is 0 Å². The molecule has 2 aromatic carbocycles. The number of nitrogens with one attached hydrogen (secondary N) is 2. The largest absolute Gasteiger partial charge is 0.478 e. The number of hydrogen-bond donors (Lipinski definition) is 2. The van der Waals surface area contributed by atoms with E-state index in [2.05, 4.69) is 10.6 Å². The van der Waals surface area contributed by atoms with E-state index in [4.69, 9.17) is 4.74 Å². The maximum atomic E-state index is 12.0. The van der Waals surface area contributed by atoms with Crippen LogP contribution in [0.1, 0.15) is 6.42 Å². The van der Waals surface area contributed by atoms with Gasteiger partial charge in [-0.2, -0.15) is 0 Å². The van der Waals surface area contributed by atoms with Crippen molar-refractivity contribution in [3.05, 3.63) is 54.6 Å². The van der Waals surface area contributed by atoms with Gasteiger partial charge in [-0.05, 0) is 24.3 Å². The molecule has 1 heterocycles. The summed E-state index contributed by atoms with van der Waals surface area (Å²) < 4.78 is 5.58. The first-order chi connectivity index (χ1) is 10.2. The van der Waals surface area contributed by atoms with Gasteiger partial charge in [0.2, 0.25) is 5.91 Å². The number of anilines is 2. The summed E-state index contributed by atoms with van der Waals surface area (Å²) in [6, 6.07) is 16.2. The number of rotatable bonds is 3. The lowest BCUT2D eigenvalue weighted by molar-refractivity contribution is -0.128. The van der Waals surface area contributed by atoms with Gasteiger partial charge in [-0.3, -0.25) is 9.59 Å². The summed E-state index contributed by atoms with van der Waals surface area (Å²) in [6.07, 6.45) is -0.849. The molecule has 1 aliphatic heterocycles. The zero-order valence-electron chi connectivity index (χ0n) is 11.2. The van der Waals surface area contributed by atoms with Gasteiger partial charge in [0.25, 0.3) is 5.91 Å². The van der Waals surface area contributed by atoms with Crippen molar-refractivity contribution in [1.29, 1.82) is 0 Å². The Labute approximate surface area is 121 Å². The highest BCUT2D eigenvalue weighted by Gasteiger charge is 2.29. The summed E-state index contributed by atoms with van der Waals surface area (Å²) in [5, 5.41) is 5.47. The van der Waals surface area contributed by atoms with Crippen LogP contribution in [0.4, 0.5) is 11.4 Å². The fraction of sp³-hybridized carbons (Fsp3) is 0.125. The minimum absolute atomic E-state index is 0.0327. The molecular weight excluding hydrogens is 268 g/mol. The average molecular weight is 282 g/mol. The van der Waals surface area contributed by atoms with Crippen molar-refractivity contribution in [3.63, 3.8) is 0 Å². The molecule has 0 fully saturated rings. The Balaban J connectivity index is 1.65. The number of amides is 2. The van der Waals surface area contributed by atoms with Crippen molar-refractivity contribution in [2.45, 2.75) is 12.5 Å². The van der Waals surface area contributed by atoms with Crippen LogP contribution in [0.25, 0.3) is 0 Å². The van der Waals surface area contributed by atoms with Crippen molar-refractivity contribution < 1.29 is 14.3 Å². The summed E-state index contributed by atoms with van der Waals surface area (Å²) in [5.41, 5.74) is 1.32. The van der Waals surface area contributed by atoms with Gasteiger partial charge in [0.1, 0.15) is 5.75 Å². The number of ether oxygens (including phenoxy) is 1. The Kier molecular flexibility index (Phi) is 3.55. The van der Waals surface area contributed by atoms with E-state index in [-0.39, 0.29) is 18.2 Å². The zero-order chi connectivity index (χ0) is 14.7. The molecule has 5 nitrogen and oxygen atoms in total. The van der Waals surface area contributed by atoms with Crippen LogP contribution in [0.2, 0.25) is 0 Å². The second-order valence-electron chi connectivity index (χ2n) is 4.71. The van der Waals surface area contributed by atoms with Gasteiger partial charge in [-0.25, -0.2) is 0 Å². The summed E-state index contributed by atoms with van der Waals surface area (Å²) in [7, 11) is 0. The SMILES string of the molecule is O=C(C[C@@H]1Oc2ccccc2NC1=O)Nc1ccccc1. The number of fused-ring (bicyclic) bond motifs is 1. The maximum absolute atomic E-state index is 12.0. The van der Waals surface area contributed by atoms with E-state index >= 15 is 0 Å². The first-order valence-corrected chi connectivity index (χ1v) is 6.64. The third-order valence-corrected chi connectivity index (χ3v) is 3.13. The highest BCUT2D eigenvalue weighted by atomic mass is 16.5. The van der Waals surface area contributed by atoms with Crippen LogP contribution in [-0.2, 0) is 9.59 Å². The van der Waals surface area contributed by atoms with Crippen LogP contribution < -0.4 is 15.4 Å². The van der Waals surface area contributed by atoms with Gasteiger partial charge < -0.3 is 15.4 Å². The molecule has 0 saturated heterocycles. The smallest absolute Gasteiger partial charge is 0.266 e. The van der Waals surface area contributed by atoms with E-state index in [0.717, 1.165) is 0 Å². The lowest BCUT2D eigenvalue weighted by Gasteiger charge is -2.25. The molecule has 0 bridgehead atoms. The van der Waals surface area contributed by atoms with Crippen molar-refractivity contribution in [2.75, 3.05) is 10.6 Å². The fourth-order valence-corrected chi connectivity index (χ4v) is 2.13. The molecule has 2 aromatic rings. The van der Waals surface area contributed by atoms with E-state index in [9.17, 15) is 9.59 Å². The van der Waals surface area contributed by atoms with Gasteiger partial charge in [-0.1, -0.05) is 30.3 Å². The molecule has 2 amide bonds. The monoisotopic (exact) mass is 282 g/mol. The van der Waals surface area contributed by atoms with Crippen molar-refractivity contribution in [2.24, 2.45) is 0 Å². The Bertz CT molecular complexity index is 670. The molecule has 0 spiro atoms. The summed E-state index contributed by atoms with van der Waals surface area (Å²) in [4.78, 5) is 23.9. The lowest BCUT2D eigenvalue weighted by atomic mass is 10.1. The summed E-state index contributed by atoms with van der Waals surface area (Å²) in [6.45, 7) is 0. The molecule has 21 heavy (non-hydrogen) atoms. The van der Waals surface area contributed by atoms with Crippen LogP contribution in [0.3, 0.4) is 0 Å². The van der Waals surface area contributed by atoms with Crippen LogP contribution >= 0.6 is 0 Å². The zero-order valence-corrected chi connectivity index (χ0v) is 11.2. The highest BCUT2D eigenvalue weighted by molar-refractivity contribution is 6.01. The Morgan fingerprint density at radius 1 is 1.10 bits per heavy atom. The quantitative estimate of drug-likeness (QED) is 0.908. The molecule has 0 unspecified atom stereocenters. The molecule has 0 saturated carbocycles. The molecule has 5 heteroatoms. The predicted molar refractivity (Wildman–Crippen MR) is 79.2 cm³/mol. The van der Waals surface area contributed by atoms with Gasteiger partial charge in [0, 0.05) is 5.69 Å². The van der Waals surface area contributed by atoms with E-state index in [0.29, 0.717) is 17.1 Å². The molecule has 0 aromatic heterocycles. The van der Waals surface area contributed by atoms with E-state index in [1.54, 1.807) is 24.3 Å². The van der Waals surface area contributed by atoms with Gasteiger partial charge in [-0.15, -0.1) is 0 Å². The molecule has 106 valence electrons. The second-order valence-corrected chi connectivity index (χ2v) is 4.71. The minimum Gasteiger partial charge on any atom is -0.478 e.